The summed E-state index contributed by atoms with van der Waals surface area (Å²) in [5.74, 6) is -0.668. The van der Waals surface area contributed by atoms with Crippen molar-refractivity contribution in [3.63, 3.8) is 0 Å². The topological polar surface area (TPSA) is 40.5 Å². The van der Waals surface area contributed by atoms with Crippen molar-refractivity contribution in [2.75, 3.05) is 19.3 Å². The molecule has 3 atom stereocenters. The van der Waals surface area contributed by atoms with E-state index in [9.17, 15) is 9.90 Å². The van der Waals surface area contributed by atoms with Crippen molar-refractivity contribution in [3.05, 3.63) is 29.8 Å². The number of hydrogen-bond acceptors (Lipinski definition) is 3. The molecule has 0 amide bonds. The molecule has 3 unspecified atom stereocenters. The maximum absolute atomic E-state index is 11.2. The van der Waals surface area contributed by atoms with Gasteiger partial charge in [-0.1, -0.05) is 19.1 Å². The Bertz CT molecular complexity index is 446. The highest BCUT2D eigenvalue weighted by molar-refractivity contribution is 7.98. The Morgan fingerprint density at radius 3 is 2.47 bits per heavy atom. The lowest BCUT2D eigenvalue weighted by Gasteiger charge is -2.24. The van der Waals surface area contributed by atoms with Gasteiger partial charge in [0.2, 0.25) is 0 Å². The predicted molar refractivity (Wildman–Crippen MR) is 78.5 cm³/mol. The van der Waals surface area contributed by atoms with Crippen LogP contribution in [0.1, 0.15) is 25.5 Å². The summed E-state index contributed by atoms with van der Waals surface area (Å²) >= 11 is 1.73. The molecule has 0 spiro atoms. The van der Waals surface area contributed by atoms with E-state index in [1.165, 1.54) is 10.5 Å². The number of likely N-dealkylation sites (tertiary alicyclic amines) is 1. The lowest BCUT2D eigenvalue weighted by molar-refractivity contribution is -0.142. The van der Waals surface area contributed by atoms with Gasteiger partial charge < -0.3 is 5.11 Å². The molecular formula is C15H21NO2S. The standard InChI is InChI=1S/C15H21NO2S/c1-10-8-16(9-14(10)15(17)18)11(2)12-4-6-13(19-3)7-5-12/h4-7,10-11,14H,8-9H2,1-3H3,(H,17,18). The number of carbonyl (C=O) groups is 1. The third kappa shape index (κ3) is 3.12. The molecule has 1 aliphatic heterocycles. The summed E-state index contributed by atoms with van der Waals surface area (Å²) in [6.07, 6.45) is 2.07. The van der Waals surface area contributed by atoms with Crippen molar-refractivity contribution >= 4 is 17.7 Å². The van der Waals surface area contributed by atoms with Gasteiger partial charge in [0.25, 0.3) is 0 Å². The van der Waals surface area contributed by atoms with E-state index in [1.807, 2.05) is 6.92 Å². The Balaban J connectivity index is 2.07. The molecule has 1 aromatic carbocycles. The number of thioether (sulfide) groups is 1. The zero-order valence-corrected chi connectivity index (χ0v) is 12.5. The van der Waals surface area contributed by atoms with Crippen LogP contribution in [0, 0.1) is 11.8 Å². The average Bonchev–Trinajstić information content (AvgIpc) is 2.80. The molecule has 19 heavy (non-hydrogen) atoms. The summed E-state index contributed by atoms with van der Waals surface area (Å²) in [5, 5.41) is 9.19. The molecule has 3 nitrogen and oxygen atoms in total. The van der Waals surface area contributed by atoms with Crippen LogP contribution < -0.4 is 0 Å². The fourth-order valence-electron chi connectivity index (χ4n) is 2.74. The van der Waals surface area contributed by atoms with Crippen molar-refractivity contribution in [2.24, 2.45) is 11.8 Å². The van der Waals surface area contributed by atoms with E-state index in [-0.39, 0.29) is 17.9 Å². The molecule has 1 N–H and O–H groups in total. The first-order valence-corrected chi connectivity index (χ1v) is 7.86. The Kier molecular flexibility index (Phi) is 4.53. The van der Waals surface area contributed by atoms with E-state index in [2.05, 4.69) is 42.3 Å². The highest BCUT2D eigenvalue weighted by Crippen LogP contribution is 2.31. The lowest BCUT2D eigenvalue weighted by atomic mass is 9.99. The summed E-state index contributed by atoms with van der Waals surface area (Å²) in [5.41, 5.74) is 1.26. The van der Waals surface area contributed by atoms with Crippen molar-refractivity contribution in [1.82, 2.24) is 4.90 Å². The van der Waals surface area contributed by atoms with E-state index < -0.39 is 5.97 Å². The molecule has 104 valence electrons. The third-order valence-corrected chi connectivity index (χ3v) is 4.85. The summed E-state index contributed by atoms with van der Waals surface area (Å²) in [4.78, 5) is 14.7. The minimum atomic E-state index is -0.667. The Morgan fingerprint density at radius 1 is 1.37 bits per heavy atom. The molecule has 1 heterocycles. The van der Waals surface area contributed by atoms with Crippen molar-refractivity contribution in [1.29, 1.82) is 0 Å². The third-order valence-electron chi connectivity index (χ3n) is 4.10. The van der Waals surface area contributed by atoms with Crippen molar-refractivity contribution in [3.8, 4) is 0 Å². The van der Waals surface area contributed by atoms with Gasteiger partial charge in [0.1, 0.15) is 0 Å². The molecule has 0 aliphatic carbocycles. The van der Waals surface area contributed by atoms with Crippen molar-refractivity contribution < 1.29 is 9.90 Å². The predicted octanol–water partition coefficient (Wildman–Crippen LogP) is 3.12. The van der Waals surface area contributed by atoms with Crippen LogP contribution in [0.3, 0.4) is 0 Å². The molecule has 1 aliphatic rings. The van der Waals surface area contributed by atoms with Gasteiger partial charge in [-0.05, 0) is 36.8 Å². The van der Waals surface area contributed by atoms with E-state index in [1.54, 1.807) is 11.8 Å². The summed E-state index contributed by atoms with van der Waals surface area (Å²) in [7, 11) is 0. The SMILES string of the molecule is CSc1ccc(C(C)N2CC(C)C(C(=O)O)C2)cc1. The van der Waals surface area contributed by atoms with E-state index in [0.29, 0.717) is 6.54 Å². The van der Waals surface area contributed by atoms with Crippen LogP contribution in [0.2, 0.25) is 0 Å². The second kappa shape index (κ2) is 5.97. The summed E-state index contributed by atoms with van der Waals surface area (Å²) in [6, 6.07) is 8.84. The Hall–Kier alpha value is -1.00. The molecule has 0 radical (unpaired) electrons. The lowest BCUT2D eigenvalue weighted by Crippen LogP contribution is -2.26. The van der Waals surface area contributed by atoms with Crippen LogP contribution in [0.4, 0.5) is 0 Å². The fraction of sp³-hybridized carbons (Fsp3) is 0.533. The summed E-state index contributed by atoms with van der Waals surface area (Å²) in [6.45, 7) is 5.71. The first-order chi connectivity index (χ1) is 9.02. The molecule has 1 aromatic rings. The van der Waals surface area contributed by atoms with Crippen LogP contribution in [0.5, 0.6) is 0 Å². The average molecular weight is 279 g/mol. The second-order valence-electron chi connectivity index (χ2n) is 5.33. The Morgan fingerprint density at radius 2 is 2.00 bits per heavy atom. The first kappa shape index (κ1) is 14.4. The van der Waals surface area contributed by atoms with Gasteiger partial charge in [0, 0.05) is 24.0 Å². The smallest absolute Gasteiger partial charge is 0.308 e. The van der Waals surface area contributed by atoms with Gasteiger partial charge in [-0.15, -0.1) is 11.8 Å². The number of aliphatic carboxylic acids is 1. The van der Waals surface area contributed by atoms with Crippen molar-refractivity contribution in [2.45, 2.75) is 24.8 Å². The zero-order valence-electron chi connectivity index (χ0n) is 11.7. The largest absolute Gasteiger partial charge is 0.481 e. The maximum Gasteiger partial charge on any atom is 0.308 e. The molecule has 0 aromatic heterocycles. The fourth-order valence-corrected chi connectivity index (χ4v) is 3.14. The molecule has 2 rings (SSSR count). The number of carboxylic acids is 1. The second-order valence-corrected chi connectivity index (χ2v) is 6.20. The van der Waals surface area contributed by atoms with Gasteiger partial charge in [-0.3, -0.25) is 9.69 Å². The molecular weight excluding hydrogens is 258 g/mol. The van der Waals surface area contributed by atoms with Crippen LogP contribution >= 0.6 is 11.8 Å². The van der Waals surface area contributed by atoms with Gasteiger partial charge in [-0.25, -0.2) is 0 Å². The molecule has 0 saturated carbocycles. The number of rotatable bonds is 4. The highest BCUT2D eigenvalue weighted by atomic mass is 32.2. The first-order valence-electron chi connectivity index (χ1n) is 6.63. The zero-order chi connectivity index (χ0) is 14.0. The van der Waals surface area contributed by atoms with Crippen LogP contribution in [0.25, 0.3) is 0 Å². The van der Waals surface area contributed by atoms with Crippen LogP contribution in [0.15, 0.2) is 29.2 Å². The normalized spacial score (nSPS) is 25.4. The Labute approximate surface area is 119 Å². The minimum absolute atomic E-state index is 0.227. The number of nitrogens with zero attached hydrogens (tertiary/aromatic N) is 1. The number of hydrogen-bond donors (Lipinski definition) is 1. The van der Waals surface area contributed by atoms with E-state index in [0.717, 1.165) is 6.54 Å². The summed E-state index contributed by atoms with van der Waals surface area (Å²) < 4.78 is 0. The molecule has 4 heteroatoms. The van der Waals surface area contributed by atoms with Crippen LogP contribution in [-0.4, -0.2) is 35.3 Å². The molecule has 1 fully saturated rings. The number of benzene rings is 1. The highest BCUT2D eigenvalue weighted by Gasteiger charge is 2.36. The van der Waals surface area contributed by atoms with Gasteiger partial charge >= 0.3 is 5.97 Å². The van der Waals surface area contributed by atoms with E-state index >= 15 is 0 Å². The van der Waals surface area contributed by atoms with Gasteiger partial charge in [0.15, 0.2) is 0 Å². The minimum Gasteiger partial charge on any atom is -0.481 e. The quantitative estimate of drug-likeness (QED) is 0.860. The van der Waals surface area contributed by atoms with Gasteiger partial charge in [-0.2, -0.15) is 0 Å². The monoisotopic (exact) mass is 279 g/mol. The van der Waals surface area contributed by atoms with Crippen LogP contribution in [-0.2, 0) is 4.79 Å². The van der Waals surface area contributed by atoms with E-state index in [4.69, 9.17) is 0 Å². The molecule has 0 bridgehead atoms. The number of carboxylic acid groups (broad SMARTS) is 1. The van der Waals surface area contributed by atoms with Gasteiger partial charge in [0.05, 0.1) is 5.92 Å². The molecule has 1 saturated heterocycles. The maximum atomic E-state index is 11.2.